The molecule has 132 valence electrons. The monoisotopic (exact) mass is 399 g/mol. The molecule has 0 saturated carbocycles. The SMILES string of the molecule is CCCCNC(=O)C(=O)N/N=C\c1cc(Br)c(OC)c(OCC)c1. The number of nitrogens with zero attached hydrogens (tertiary/aromatic N) is 1. The van der Waals surface area contributed by atoms with Gasteiger partial charge >= 0.3 is 11.8 Å². The highest BCUT2D eigenvalue weighted by Gasteiger charge is 2.12. The van der Waals surface area contributed by atoms with Gasteiger partial charge in [0.1, 0.15) is 0 Å². The molecule has 0 saturated heterocycles. The summed E-state index contributed by atoms with van der Waals surface area (Å²) < 4.78 is 11.5. The molecule has 0 aromatic heterocycles. The molecule has 0 aliphatic heterocycles. The minimum absolute atomic E-state index is 0.468. The number of carbonyl (C=O) groups excluding carboxylic acids is 2. The Hall–Kier alpha value is -2.09. The van der Waals surface area contributed by atoms with Crippen LogP contribution in [0.3, 0.4) is 0 Å². The number of hydrogen-bond acceptors (Lipinski definition) is 5. The molecule has 0 spiro atoms. The zero-order valence-corrected chi connectivity index (χ0v) is 15.6. The summed E-state index contributed by atoms with van der Waals surface area (Å²) in [5.41, 5.74) is 2.87. The van der Waals surface area contributed by atoms with Crippen molar-refractivity contribution in [3.8, 4) is 11.5 Å². The fourth-order valence-corrected chi connectivity index (χ4v) is 2.42. The van der Waals surface area contributed by atoms with Gasteiger partial charge < -0.3 is 14.8 Å². The van der Waals surface area contributed by atoms with Crippen molar-refractivity contribution in [1.82, 2.24) is 10.7 Å². The molecule has 0 heterocycles. The Morgan fingerprint density at radius 3 is 2.67 bits per heavy atom. The van der Waals surface area contributed by atoms with Crippen molar-refractivity contribution in [1.29, 1.82) is 0 Å². The van der Waals surface area contributed by atoms with Crippen molar-refractivity contribution >= 4 is 34.0 Å². The van der Waals surface area contributed by atoms with Crippen LogP contribution in [0.25, 0.3) is 0 Å². The summed E-state index contributed by atoms with van der Waals surface area (Å²) in [4.78, 5) is 23.1. The van der Waals surface area contributed by atoms with Gasteiger partial charge in [-0.05, 0) is 47.0 Å². The van der Waals surface area contributed by atoms with Crippen LogP contribution in [0.15, 0.2) is 21.7 Å². The van der Waals surface area contributed by atoms with Crippen LogP contribution < -0.4 is 20.2 Å². The van der Waals surface area contributed by atoms with E-state index in [1.165, 1.54) is 6.21 Å². The number of nitrogens with one attached hydrogen (secondary N) is 2. The smallest absolute Gasteiger partial charge is 0.329 e. The molecule has 0 aliphatic rings. The number of methoxy groups -OCH3 is 1. The first-order valence-electron chi connectivity index (χ1n) is 7.65. The molecule has 1 aromatic carbocycles. The predicted molar refractivity (Wildman–Crippen MR) is 95.5 cm³/mol. The van der Waals surface area contributed by atoms with E-state index >= 15 is 0 Å². The maximum Gasteiger partial charge on any atom is 0.329 e. The summed E-state index contributed by atoms with van der Waals surface area (Å²) in [5, 5.41) is 6.30. The van der Waals surface area contributed by atoms with Gasteiger partial charge in [0.15, 0.2) is 11.5 Å². The van der Waals surface area contributed by atoms with Crippen LogP contribution in [-0.2, 0) is 9.59 Å². The van der Waals surface area contributed by atoms with E-state index in [-0.39, 0.29) is 0 Å². The molecule has 0 aliphatic carbocycles. The highest BCUT2D eigenvalue weighted by molar-refractivity contribution is 9.10. The Labute approximate surface area is 149 Å². The molecule has 7 nitrogen and oxygen atoms in total. The third-order valence-corrected chi connectivity index (χ3v) is 3.53. The summed E-state index contributed by atoms with van der Waals surface area (Å²) in [6, 6.07) is 3.49. The molecule has 1 rings (SSSR count). The highest BCUT2D eigenvalue weighted by Crippen LogP contribution is 2.36. The zero-order valence-electron chi connectivity index (χ0n) is 14.0. The molecule has 0 radical (unpaired) electrons. The molecule has 2 N–H and O–H groups in total. The molecule has 0 unspecified atom stereocenters. The van der Waals surface area contributed by atoms with E-state index in [2.05, 4.69) is 31.8 Å². The van der Waals surface area contributed by atoms with Crippen LogP contribution >= 0.6 is 15.9 Å². The van der Waals surface area contributed by atoms with Gasteiger partial charge in [0.2, 0.25) is 0 Å². The molecule has 0 atom stereocenters. The average molecular weight is 400 g/mol. The molecule has 8 heteroatoms. The molecule has 24 heavy (non-hydrogen) atoms. The number of amides is 2. The maximum absolute atomic E-state index is 11.6. The normalized spacial score (nSPS) is 10.5. The van der Waals surface area contributed by atoms with Crippen LogP contribution in [0.5, 0.6) is 11.5 Å². The van der Waals surface area contributed by atoms with E-state index in [9.17, 15) is 9.59 Å². The largest absolute Gasteiger partial charge is 0.492 e. The number of rotatable bonds is 8. The minimum atomic E-state index is -0.806. The van der Waals surface area contributed by atoms with Gasteiger partial charge in [-0.3, -0.25) is 9.59 Å². The van der Waals surface area contributed by atoms with Crippen LogP contribution in [0.4, 0.5) is 0 Å². The van der Waals surface area contributed by atoms with Gasteiger partial charge in [0, 0.05) is 6.54 Å². The van der Waals surface area contributed by atoms with Crippen LogP contribution in [0, 0.1) is 0 Å². The van der Waals surface area contributed by atoms with E-state index in [1.807, 2.05) is 13.8 Å². The minimum Gasteiger partial charge on any atom is -0.492 e. The average Bonchev–Trinajstić information content (AvgIpc) is 2.55. The summed E-state index contributed by atoms with van der Waals surface area (Å²) in [5.74, 6) is -0.376. The van der Waals surface area contributed by atoms with Gasteiger partial charge in [0.25, 0.3) is 0 Å². The fraction of sp³-hybridized carbons (Fsp3) is 0.438. The van der Waals surface area contributed by atoms with Gasteiger partial charge in [-0.25, -0.2) is 5.43 Å². The van der Waals surface area contributed by atoms with Gasteiger partial charge in [0.05, 0.1) is 24.4 Å². The second-order valence-electron chi connectivity index (χ2n) is 4.78. The number of ether oxygens (including phenoxy) is 2. The van der Waals surface area contributed by atoms with Crippen molar-refractivity contribution in [2.45, 2.75) is 26.7 Å². The van der Waals surface area contributed by atoms with Crippen LogP contribution in [-0.4, -0.2) is 38.3 Å². The lowest BCUT2D eigenvalue weighted by Crippen LogP contribution is -2.38. The Kier molecular flexibility index (Phi) is 8.85. The number of hydrogen-bond donors (Lipinski definition) is 2. The lowest BCUT2D eigenvalue weighted by Gasteiger charge is -2.11. The number of hydrazone groups is 1. The highest BCUT2D eigenvalue weighted by atomic mass is 79.9. The second-order valence-corrected chi connectivity index (χ2v) is 5.63. The van der Waals surface area contributed by atoms with Gasteiger partial charge in [-0.1, -0.05) is 13.3 Å². The van der Waals surface area contributed by atoms with Gasteiger partial charge in [-0.2, -0.15) is 5.10 Å². The number of halogens is 1. The lowest BCUT2D eigenvalue weighted by atomic mass is 10.2. The molecular formula is C16H22BrN3O4. The first-order chi connectivity index (χ1) is 11.5. The fourth-order valence-electron chi connectivity index (χ4n) is 1.80. The van der Waals surface area contributed by atoms with Crippen molar-refractivity contribution in [3.63, 3.8) is 0 Å². The summed E-state index contributed by atoms with van der Waals surface area (Å²) >= 11 is 3.39. The van der Waals surface area contributed by atoms with Crippen molar-refractivity contribution < 1.29 is 19.1 Å². The molecule has 1 aromatic rings. The molecule has 0 fully saturated rings. The Bertz CT molecular complexity index is 605. The topological polar surface area (TPSA) is 89.0 Å². The lowest BCUT2D eigenvalue weighted by molar-refractivity contribution is -0.139. The Morgan fingerprint density at radius 2 is 2.04 bits per heavy atom. The van der Waals surface area contributed by atoms with Crippen LogP contribution in [0.2, 0.25) is 0 Å². The number of unbranched alkanes of at least 4 members (excludes halogenated alkanes) is 1. The van der Waals surface area contributed by atoms with Crippen molar-refractivity contribution in [2.24, 2.45) is 5.10 Å². The van der Waals surface area contributed by atoms with E-state index in [1.54, 1.807) is 19.2 Å². The number of carbonyl (C=O) groups is 2. The standard InChI is InChI=1S/C16H22BrN3O4/c1-4-6-7-18-15(21)16(22)20-19-10-11-8-12(17)14(23-3)13(9-11)24-5-2/h8-10H,4-7H2,1-3H3,(H,18,21)(H,20,22)/b19-10-. The summed E-state index contributed by atoms with van der Waals surface area (Å²) in [7, 11) is 1.55. The van der Waals surface area contributed by atoms with Gasteiger partial charge in [-0.15, -0.1) is 0 Å². The summed E-state index contributed by atoms with van der Waals surface area (Å²) in [6.45, 7) is 4.82. The Morgan fingerprint density at radius 1 is 1.29 bits per heavy atom. The zero-order chi connectivity index (χ0) is 17.9. The molecule has 2 amide bonds. The van der Waals surface area contributed by atoms with Crippen molar-refractivity contribution in [2.75, 3.05) is 20.3 Å². The second kappa shape index (κ2) is 10.6. The quantitative estimate of drug-likeness (QED) is 0.303. The first-order valence-corrected chi connectivity index (χ1v) is 8.44. The third kappa shape index (κ3) is 6.19. The van der Waals surface area contributed by atoms with E-state index in [0.717, 1.165) is 12.8 Å². The third-order valence-electron chi connectivity index (χ3n) is 2.94. The predicted octanol–water partition coefficient (Wildman–Crippen LogP) is 2.22. The molecule has 0 bridgehead atoms. The maximum atomic E-state index is 11.6. The first kappa shape index (κ1) is 20.0. The van der Waals surface area contributed by atoms with Crippen LogP contribution in [0.1, 0.15) is 32.3 Å². The number of benzene rings is 1. The van der Waals surface area contributed by atoms with Crippen molar-refractivity contribution in [3.05, 3.63) is 22.2 Å². The Balaban J connectivity index is 2.70. The molecular weight excluding hydrogens is 378 g/mol. The van der Waals surface area contributed by atoms with E-state index in [0.29, 0.717) is 34.7 Å². The van der Waals surface area contributed by atoms with E-state index in [4.69, 9.17) is 9.47 Å². The van der Waals surface area contributed by atoms with E-state index < -0.39 is 11.8 Å². The summed E-state index contributed by atoms with van der Waals surface area (Å²) in [6.07, 6.45) is 3.18.